The Labute approximate surface area is 197 Å². The van der Waals surface area contributed by atoms with E-state index >= 15 is 0 Å². The number of fused-ring (bicyclic) bond motifs is 1. The van der Waals surface area contributed by atoms with Crippen molar-refractivity contribution in [3.05, 3.63) is 100 Å². The molecule has 5 rings (SSSR count). The number of nitrogen functional groups attached to an aromatic ring is 1. The molecule has 0 spiro atoms. The zero-order valence-electron chi connectivity index (χ0n) is 18.7. The number of nitrogens with zero attached hydrogens (tertiary/aromatic N) is 1. The lowest BCUT2D eigenvalue weighted by Gasteiger charge is -2.38. The second kappa shape index (κ2) is 8.91. The molecule has 3 atom stereocenters. The maximum atomic E-state index is 13.4. The smallest absolute Gasteiger partial charge is 0.248 e. The average molecular weight is 459 g/mol. The topological polar surface area (TPSA) is 101 Å². The quantitative estimate of drug-likeness (QED) is 0.494. The molecule has 0 bridgehead atoms. The molecule has 2 amide bonds. The van der Waals surface area contributed by atoms with Gasteiger partial charge in [-0.05, 0) is 59.9 Å². The highest BCUT2D eigenvalue weighted by Crippen LogP contribution is 2.41. The average Bonchev–Trinajstić information content (AvgIpc) is 3.62. The summed E-state index contributed by atoms with van der Waals surface area (Å²) < 4.78 is 13.2. The van der Waals surface area contributed by atoms with Crippen LogP contribution in [0.3, 0.4) is 0 Å². The Balaban J connectivity index is 1.37. The number of nitrogens with two attached hydrogens (primary N) is 2. The molecule has 3 aromatic carbocycles. The molecule has 3 unspecified atom stereocenters. The molecule has 3 aromatic rings. The van der Waals surface area contributed by atoms with Gasteiger partial charge < -0.3 is 21.7 Å². The fourth-order valence-corrected chi connectivity index (χ4v) is 4.95. The number of nitrogens with one attached hydrogen (secondary N) is 1. The van der Waals surface area contributed by atoms with Crippen LogP contribution in [-0.4, -0.2) is 35.8 Å². The van der Waals surface area contributed by atoms with Crippen molar-refractivity contribution in [2.24, 2.45) is 5.73 Å². The Morgan fingerprint density at radius 2 is 1.79 bits per heavy atom. The van der Waals surface area contributed by atoms with Gasteiger partial charge in [-0.2, -0.15) is 0 Å². The van der Waals surface area contributed by atoms with Crippen LogP contribution in [0.1, 0.15) is 51.0 Å². The van der Waals surface area contributed by atoms with Crippen LogP contribution in [0.5, 0.6) is 0 Å². The maximum absolute atomic E-state index is 13.4. The van der Waals surface area contributed by atoms with Crippen molar-refractivity contribution >= 4 is 17.5 Å². The Bertz CT molecular complexity index is 1240. The lowest BCUT2D eigenvalue weighted by atomic mass is 9.86. The number of primary amides is 1. The highest BCUT2D eigenvalue weighted by Gasteiger charge is 2.39. The Kier molecular flexibility index (Phi) is 5.79. The number of hydrogen-bond acceptors (Lipinski definition) is 4. The lowest BCUT2D eigenvalue weighted by Crippen LogP contribution is -2.45. The van der Waals surface area contributed by atoms with Crippen LogP contribution in [0.25, 0.3) is 0 Å². The van der Waals surface area contributed by atoms with Crippen molar-refractivity contribution in [2.45, 2.75) is 30.8 Å². The van der Waals surface area contributed by atoms with Gasteiger partial charge in [-0.25, -0.2) is 4.39 Å². The Morgan fingerprint density at radius 1 is 1.03 bits per heavy atom. The molecule has 1 aliphatic carbocycles. The second-order valence-electron chi connectivity index (χ2n) is 9.03. The van der Waals surface area contributed by atoms with Crippen molar-refractivity contribution < 1.29 is 14.0 Å². The van der Waals surface area contributed by atoms with E-state index in [1.807, 2.05) is 35.2 Å². The van der Waals surface area contributed by atoms with Crippen molar-refractivity contribution in [1.29, 1.82) is 0 Å². The van der Waals surface area contributed by atoms with E-state index in [0.717, 1.165) is 28.7 Å². The van der Waals surface area contributed by atoms with Gasteiger partial charge in [0, 0.05) is 35.3 Å². The number of benzene rings is 3. The predicted octanol–water partition coefficient (Wildman–Crippen LogP) is 3.13. The molecule has 0 radical (unpaired) electrons. The lowest BCUT2D eigenvalue weighted by molar-refractivity contribution is -0.132. The highest BCUT2D eigenvalue weighted by atomic mass is 19.1. The summed E-state index contributed by atoms with van der Waals surface area (Å²) in [6, 6.07) is 19.3. The molecule has 0 aromatic heterocycles. The minimum Gasteiger partial charge on any atom is -0.398 e. The molecule has 5 N–H and O–H groups in total. The minimum absolute atomic E-state index is 0.0341. The molecule has 34 heavy (non-hydrogen) atoms. The van der Waals surface area contributed by atoms with Gasteiger partial charge in [0.2, 0.25) is 11.8 Å². The van der Waals surface area contributed by atoms with E-state index in [9.17, 15) is 14.0 Å². The van der Waals surface area contributed by atoms with Crippen LogP contribution in [-0.2, 0) is 11.2 Å². The second-order valence-corrected chi connectivity index (χ2v) is 9.03. The van der Waals surface area contributed by atoms with E-state index in [1.165, 1.54) is 12.1 Å². The van der Waals surface area contributed by atoms with Gasteiger partial charge >= 0.3 is 0 Å². The van der Waals surface area contributed by atoms with E-state index in [4.69, 9.17) is 11.5 Å². The SMILES string of the molecule is NC(=O)c1ccc2c(c1)C(c1ccccc1N)N(C(=O)CNC1CC1c1ccc(F)cc1)CC2. The van der Waals surface area contributed by atoms with Gasteiger partial charge in [0.15, 0.2) is 0 Å². The van der Waals surface area contributed by atoms with E-state index in [-0.39, 0.29) is 30.2 Å². The van der Waals surface area contributed by atoms with Gasteiger partial charge in [0.25, 0.3) is 0 Å². The molecule has 174 valence electrons. The minimum atomic E-state index is -0.506. The standard InChI is InChI=1S/C27H27FN4O2/c28-19-9-7-16(8-10-19)21-14-24(21)31-15-25(33)32-12-11-17-5-6-18(27(30)34)13-22(17)26(32)20-3-1-2-4-23(20)29/h1-10,13,21,24,26,31H,11-12,14-15,29H2,(H2,30,34). The van der Waals surface area contributed by atoms with Crippen LogP contribution >= 0.6 is 0 Å². The monoisotopic (exact) mass is 458 g/mol. The van der Waals surface area contributed by atoms with E-state index in [2.05, 4.69) is 5.32 Å². The molecule has 1 fully saturated rings. The third-order valence-corrected chi connectivity index (χ3v) is 6.87. The number of rotatable bonds is 6. The molecule has 2 aliphatic rings. The van der Waals surface area contributed by atoms with Crippen molar-refractivity contribution in [3.8, 4) is 0 Å². The maximum Gasteiger partial charge on any atom is 0.248 e. The van der Waals surface area contributed by atoms with Crippen LogP contribution in [0.4, 0.5) is 10.1 Å². The summed E-state index contributed by atoms with van der Waals surface area (Å²) in [5.74, 6) is -0.504. The first kappa shape index (κ1) is 22.1. The van der Waals surface area contributed by atoms with Gasteiger partial charge in [-0.3, -0.25) is 9.59 Å². The Hall–Kier alpha value is -3.71. The third kappa shape index (κ3) is 4.26. The van der Waals surface area contributed by atoms with E-state index in [0.29, 0.717) is 24.2 Å². The van der Waals surface area contributed by atoms with E-state index < -0.39 is 11.9 Å². The molecule has 1 aliphatic heterocycles. The molecule has 6 nitrogen and oxygen atoms in total. The number of anilines is 1. The zero-order valence-corrected chi connectivity index (χ0v) is 18.7. The number of para-hydroxylation sites is 1. The van der Waals surface area contributed by atoms with Crippen molar-refractivity contribution in [3.63, 3.8) is 0 Å². The molecule has 7 heteroatoms. The molecule has 1 saturated carbocycles. The summed E-state index contributed by atoms with van der Waals surface area (Å²) in [4.78, 5) is 27.1. The first-order chi connectivity index (χ1) is 16.4. The van der Waals surface area contributed by atoms with Crippen molar-refractivity contribution in [2.75, 3.05) is 18.8 Å². The fraction of sp³-hybridized carbons (Fsp3) is 0.259. The summed E-state index contributed by atoms with van der Waals surface area (Å²) in [5.41, 5.74) is 16.7. The largest absolute Gasteiger partial charge is 0.398 e. The highest BCUT2D eigenvalue weighted by molar-refractivity contribution is 5.93. The summed E-state index contributed by atoms with van der Waals surface area (Å²) >= 11 is 0. The van der Waals surface area contributed by atoms with Crippen molar-refractivity contribution in [1.82, 2.24) is 10.2 Å². The van der Waals surface area contributed by atoms with Crippen LogP contribution in [0.2, 0.25) is 0 Å². The molecule has 1 heterocycles. The number of amides is 2. The van der Waals surface area contributed by atoms with Crippen LogP contribution in [0.15, 0.2) is 66.7 Å². The number of hydrogen-bond donors (Lipinski definition) is 3. The third-order valence-electron chi connectivity index (χ3n) is 6.87. The summed E-state index contributed by atoms with van der Waals surface area (Å²) in [5, 5.41) is 3.37. The van der Waals surface area contributed by atoms with Gasteiger partial charge in [0.05, 0.1) is 12.6 Å². The van der Waals surface area contributed by atoms with Crippen LogP contribution < -0.4 is 16.8 Å². The summed E-state index contributed by atoms with van der Waals surface area (Å²) in [6.07, 6.45) is 1.60. The molecular formula is C27H27FN4O2. The first-order valence-electron chi connectivity index (χ1n) is 11.5. The molecular weight excluding hydrogens is 431 g/mol. The Morgan fingerprint density at radius 3 is 2.53 bits per heavy atom. The van der Waals surface area contributed by atoms with Gasteiger partial charge in [-0.1, -0.05) is 36.4 Å². The fourth-order valence-electron chi connectivity index (χ4n) is 4.95. The van der Waals surface area contributed by atoms with Crippen LogP contribution in [0, 0.1) is 5.82 Å². The van der Waals surface area contributed by atoms with Gasteiger partial charge in [-0.15, -0.1) is 0 Å². The number of halogens is 1. The van der Waals surface area contributed by atoms with E-state index in [1.54, 1.807) is 24.3 Å². The summed E-state index contributed by atoms with van der Waals surface area (Å²) in [7, 11) is 0. The number of carbonyl (C=O) groups is 2. The zero-order chi connectivity index (χ0) is 23.8. The first-order valence-corrected chi connectivity index (χ1v) is 11.5. The molecule has 0 saturated heterocycles. The predicted molar refractivity (Wildman–Crippen MR) is 129 cm³/mol. The van der Waals surface area contributed by atoms with Gasteiger partial charge in [0.1, 0.15) is 5.82 Å². The summed E-state index contributed by atoms with van der Waals surface area (Å²) in [6.45, 7) is 0.741. The normalized spacial score (nSPS) is 21.1. The number of carbonyl (C=O) groups excluding carboxylic acids is 2.